The Morgan fingerprint density at radius 1 is 1.07 bits per heavy atom. The van der Waals surface area contributed by atoms with Crippen molar-refractivity contribution in [3.8, 4) is 0 Å². The molecule has 2 heterocycles. The van der Waals surface area contributed by atoms with Crippen LogP contribution in [0.3, 0.4) is 0 Å². The Labute approximate surface area is 242 Å². The Balaban J connectivity index is 1.11. The van der Waals surface area contributed by atoms with Crippen LogP contribution in [0.15, 0.2) is 41.5 Å². The summed E-state index contributed by atoms with van der Waals surface area (Å²) in [7, 11) is 0. The number of hydrogen-bond acceptors (Lipinski definition) is 3. The van der Waals surface area contributed by atoms with Gasteiger partial charge >= 0.3 is 6.09 Å². The third-order valence-electron chi connectivity index (χ3n) is 13.1. The first-order valence-corrected chi connectivity index (χ1v) is 16.6. The number of carbonyl (C=O) groups is 1. The minimum Gasteiger partial charge on any atom is -0.445 e. The van der Waals surface area contributed by atoms with Crippen LogP contribution < -0.4 is 0 Å². The van der Waals surface area contributed by atoms with Gasteiger partial charge in [0.1, 0.15) is 6.61 Å². The van der Waals surface area contributed by atoms with Crippen molar-refractivity contribution in [1.29, 1.82) is 0 Å². The Kier molecular flexibility index (Phi) is 6.88. The van der Waals surface area contributed by atoms with Crippen LogP contribution in [0.5, 0.6) is 0 Å². The molecule has 0 N–H and O–H groups in total. The summed E-state index contributed by atoms with van der Waals surface area (Å²) >= 11 is 0. The van der Waals surface area contributed by atoms with Crippen molar-refractivity contribution >= 4 is 6.09 Å². The number of nitrogens with zero attached hydrogens (tertiary/aromatic N) is 1. The molecule has 40 heavy (non-hydrogen) atoms. The van der Waals surface area contributed by atoms with Crippen molar-refractivity contribution < 1.29 is 14.3 Å². The molecule has 10 atom stereocenters. The molecule has 2 aliphatic heterocycles. The van der Waals surface area contributed by atoms with Crippen LogP contribution in [-0.2, 0) is 16.1 Å². The van der Waals surface area contributed by atoms with E-state index in [-0.39, 0.29) is 23.8 Å². The van der Waals surface area contributed by atoms with E-state index in [1.807, 2.05) is 35.9 Å². The van der Waals surface area contributed by atoms with Gasteiger partial charge in [-0.15, -0.1) is 0 Å². The Bertz CT molecular complexity index is 1150. The highest BCUT2D eigenvalue weighted by Crippen LogP contribution is 2.65. The van der Waals surface area contributed by atoms with E-state index in [4.69, 9.17) is 9.47 Å². The number of rotatable bonds is 2. The Hall–Kier alpha value is -1.81. The van der Waals surface area contributed by atoms with Crippen molar-refractivity contribution in [3.05, 3.63) is 47.0 Å². The van der Waals surface area contributed by atoms with Gasteiger partial charge in [-0.3, -0.25) is 0 Å². The monoisotopic (exact) mass is 545 g/mol. The number of ether oxygens (including phenoxy) is 2. The van der Waals surface area contributed by atoms with Gasteiger partial charge in [-0.05, 0) is 105 Å². The molecule has 5 fully saturated rings. The maximum atomic E-state index is 13.5. The summed E-state index contributed by atoms with van der Waals surface area (Å²) in [5, 5.41) is 0. The zero-order valence-electron chi connectivity index (χ0n) is 25.4. The highest BCUT2D eigenvalue weighted by molar-refractivity contribution is 5.68. The molecule has 2 saturated heterocycles. The van der Waals surface area contributed by atoms with E-state index in [1.54, 1.807) is 5.57 Å². The minimum absolute atomic E-state index is 0.111. The van der Waals surface area contributed by atoms with Crippen LogP contribution in [0, 0.1) is 40.9 Å². The zero-order valence-corrected chi connectivity index (χ0v) is 25.4. The quantitative estimate of drug-likeness (QED) is 0.350. The molecule has 6 aliphatic rings. The fourth-order valence-electron chi connectivity index (χ4n) is 11.1. The van der Waals surface area contributed by atoms with E-state index >= 15 is 0 Å². The predicted octanol–water partition coefficient (Wildman–Crippen LogP) is 8.55. The fourth-order valence-corrected chi connectivity index (χ4v) is 11.1. The lowest BCUT2D eigenvalue weighted by atomic mass is 9.52. The Morgan fingerprint density at radius 3 is 2.73 bits per heavy atom. The summed E-state index contributed by atoms with van der Waals surface area (Å²) < 4.78 is 13.1. The minimum atomic E-state index is -0.168. The third kappa shape index (κ3) is 4.29. The molecular formula is C36H51NO3. The van der Waals surface area contributed by atoms with Gasteiger partial charge in [0.2, 0.25) is 0 Å². The average Bonchev–Trinajstić information content (AvgIpc) is 3.41. The molecule has 9 unspecified atom stereocenters. The number of piperidine rings is 1. The average molecular weight is 546 g/mol. The first-order chi connectivity index (χ1) is 19.3. The molecular weight excluding hydrogens is 494 g/mol. The maximum absolute atomic E-state index is 13.5. The molecule has 7 rings (SSSR count). The second-order valence-electron chi connectivity index (χ2n) is 15.2. The van der Waals surface area contributed by atoms with E-state index in [0.29, 0.717) is 23.9 Å². The molecule has 1 amide bonds. The van der Waals surface area contributed by atoms with Crippen molar-refractivity contribution in [3.63, 3.8) is 0 Å². The van der Waals surface area contributed by atoms with Crippen molar-refractivity contribution in [2.45, 2.75) is 123 Å². The lowest BCUT2D eigenvalue weighted by Gasteiger charge is -2.52. The van der Waals surface area contributed by atoms with Gasteiger partial charge in [-0.25, -0.2) is 4.79 Å². The summed E-state index contributed by atoms with van der Waals surface area (Å²) in [5.41, 5.74) is 4.90. The largest absolute Gasteiger partial charge is 0.445 e. The Morgan fingerprint density at radius 2 is 1.90 bits per heavy atom. The molecule has 1 aromatic carbocycles. The number of fused-ring (bicyclic) bond motifs is 6. The first kappa shape index (κ1) is 27.0. The first-order valence-electron chi connectivity index (χ1n) is 16.6. The van der Waals surface area contributed by atoms with E-state index in [1.165, 1.54) is 51.4 Å². The summed E-state index contributed by atoms with van der Waals surface area (Å²) in [6, 6.07) is 10.2. The van der Waals surface area contributed by atoms with Crippen LogP contribution in [0.2, 0.25) is 0 Å². The van der Waals surface area contributed by atoms with Crippen molar-refractivity contribution in [2.75, 3.05) is 6.54 Å². The number of carbonyl (C=O) groups excluding carboxylic acids is 1. The normalized spacial score (nSPS) is 44.5. The highest BCUT2D eigenvalue weighted by atomic mass is 16.6. The summed E-state index contributed by atoms with van der Waals surface area (Å²) in [5.74, 6) is 4.23. The molecule has 0 aromatic heterocycles. The van der Waals surface area contributed by atoms with Crippen molar-refractivity contribution in [2.24, 2.45) is 40.9 Å². The van der Waals surface area contributed by atoms with E-state index in [2.05, 4.69) is 32.6 Å². The SMILES string of the molecule is CC1=C2CC3C(CCC4CCCCC43C)C2CCC2(C1)OC1C[C@H](C)CN(C(=O)OCc3ccccc3)C1C2C. The van der Waals surface area contributed by atoms with Gasteiger partial charge < -0.3 is 14.4 Å². The van der Waals surface area contributed by atoms with Gasteiger partial charge in [0.15, 0.2) is 0 Å². The number of likely N-dealkylation sites (tertiary alicyclic amines) is 1. The second kappa shape index (κ2) is 10.2. The smallest absolute Gasteiger partial charge is 0.410 e. The van der Waals surface area contributed by atoms with E-state index in [0.717, 1.165) is 55.0 Å². The third-order valence-corrected chi connectivity index (χ3v) is 13.1. The van der Waals surface area contributed by atoms with Crippen LogP contribution >= 0.6 is 0 Å². The van der Waals surface area contributed by atoms with Gasteiger partial charge in [0.25, 0.3) is 0 Å². The molecule has 4 heteroatoms. The van der Waals surface area contributed by atoms with Crippen LogP contribution in [0.4, 0.5) is 4.79 Å². The lowest BCUT2D eigenvalue weighted by Crippen LogP contribution is -2.54. The molecule has 0 radical (unpaired) electrons. The van der Waals surface area contributed by atoms with Gasteiger partial charge in [-0.1, -0.05) is 75.1 Å². The van der Waals surface area contributed by atoms with Crippen molar-refractivity contribution in [1.82, 2.24) is 4.90 Å². The van der Waals surface area contributed by atoms with Gasteiger partial charge in [0.05, 0.1) is 17.7 Å². The molecule has 1 spiro atoms. The fraction of sp³-hybridized carbons (Fsp3) is 0.750. The molecule has 3 saturated carbocycles. The summed E-state index contributed by atoms with van der Waals surface area (Å²) in [6.07, 6.45) is 14.5. The number of hydrogen-bond donors (Lipinski definition) is 0. The van der Waals surface area contributed by atoms with E-state index < -0.39 is 0 Å². The lowest BCUT2D eigenvalue weighted by molar-refractivity contribution is -0.0800. The second-order valence-corrected chi connectivity index (χ2v) is 15.2. The summed E-state index contributed by atoms with van der Waals surface area (Å²) in [4.78, 5) is 15.6. The van der Waals surface area contributed by atoms with Crippen LogP contribution in [-0.4, -0.2) is 35.3 Å². The molecule has 4 nitrogen and oxygen atoms in total. The standard InChI is InChI=1S/C36H51NO3/c1-23-18-32-33(37(21-23)34(38)39-22-26-10-6-5-7-11-26)25(3)36(40-32)17-15-28-29-14-13-27-12-8-9-16-35(27,4)31(29)19-30(28)24(2)20-36/h5-7,10-11,23,25,27-29,31-33H,8-9,12-22H2,1-4H3/t23-,25?,27?,28?,29?,31?,32?,33?,35?,36?/m0/s1. The number of amides is 1. The molecule has 4 aliphatic carbocycles. The zero-order chi connectivity index (χ0) is 27.6. The predicted molar refractivity (Wildman–Crippen MR) is 159 cm³/mol. The molecule has 218 valence electrons. The molecule has 1 aromatic rings. The number of benzene rings is 1. The number of allylic oxidation sites excluding steroid dienone is 1. The molecule has 0 bridgehead atoms. The van der Waals surface area contributed by atoms with Crippen LogP contribution in [0.1, 0.15) is 104 Å². The summed E-state index contributed by atoms with van der Waals surface area (Å²) in [6.45, 7) is 10.9. The topological polar surface area (TPSA) is 38.8 Å². The van der Waals surface area contributed by atoms with Gasteiger partial charge in [-0.2, -0.15) is 0 Å². The van der Waals surface area contributed by atoms with Gasteiger partial charge in [0, 0.05) is 12.5 Å². The van der Waals surface area contributed by atoms with E-state index in [9.17, 15) is 4.79 Å². The van der Waals surface area contributed by atoms with Crippen LogP contribution in [0.25, 0.3) is 0 Å². The maximum Gasteiger partial charge on any atom is 0.410 e. The highest BCUT2D eigenvalue weighted by Gasteiger charge is 2.60.